The molecule has 0 N–H and O–H groups in total. The number of fused-ring (bicyclic) bond motifs is 1. The highest BCUT2D eigenvalue weighted by molar-refractivity contribution is 8.04. The summed E-state index contributed by atoms with van der Waals surface area (Å²) in [7, 11) is 4.89. The summed E-state index contributed by atoms with van der Waals surface area (Å²) in [6.07, 6.45) is 3.74. The van der Waals surface area contributed by atoms with Gasteiger partial charge in [0.1, 0.15) is 18.1 Å². The molecule has 0 fully saturated rings. The van der Waals surface area contributed by atoms with Crippen molar-refractivity contribution in [2.45, 2.75) is 18.9 Å². The fraction of sp³-hybridized carbons (Fsp3) is 0.375. The lowest BCUT2D eigenvalue weighted by atomic mass is 9.92. The SMILES string of the molecule is COc1ccc(OCC2c3cc(OC)c(OC)cc3CCN2C(=O)C2=CCCS2)cc1. The van der Waals surface area contributed by atoms with E-state index in [-0.39, 0.29) is 11.9 Å². The number of ether oxygens (including phenoxy) is 4. The number of methoxy groups -OCH3 is 3. The minimum absolute atomic E-state index is 0.0752. The van der Waals surface area contributed by atoms with Crippen molar-refractivity contribution in [3.63, 3.8) is 0 Å². The number of nitrogens with zero attached hydrogens (tertiary/aromatic N) is 1. The Morgan fingerprint density at radius 3 is 2.39 bits per heavy atom. The van der Waals surface area contributed by atoms with Crippen LogP contribution in [-0.2, 0) is 11.2 Å². The average Bonchev–Trinajstić information content (AvgIpc) is 3.36. The molecule has 1 atom stereocenters. The first-order valence-electron chi connectivity index (χ1n) is 10.3. The van der Waals surface area contributed by atoms with E-state index in [1.165, 1.54) is 0 Å². The van der Waals surface area contributed by atoms with Crippen LogP contribution in [0.25, 0.3) is 0 Å². The molecule has 0 spiro atoms. The maximum Gasteiger partial charge on any atom is 0.260 e. The molecule has 0 aliphatic carbocycles. The fourth-order valence-electron chi connectivity index (χ4n) is 4.01. The summed E-state index contributed by atoms with van der Waals surface area (Å²) >= 11 is 1.63. The van der Waals surface area contributed by atoms with Crippen LogP contribution in [0.3, 0.4) is 0 Å². The van der Waals surface area contributed by atoms with E-state index in [0.717, 1.165) is 46.1 Å². The Kier molecular flexibility index (Phi) is 6.61. The summed E-state index contributed by atoms with van der Waals surface area (Å²) in [5.74, 6) is 3.89. The molecule has 1 amide bonds. The van der Waals surface area contributed by atoms with Gasteiger partial charge in [-0.15, -0.1) is 11.8 Å². The molecule has 6 nitrogen and oxygen atoms in total. The van der Waals surface area contributed by atoms with Gasteiger partial charge in [0.05, 0.1) is 32.3 Å². The van der Waals surface area contributed by atoms with Crippen LogP contribution in [0, 0.1) is 0 Å². The Morgan fingerprint density at radius 2 is 1.74 bits per heavy atom. The summed E-state index contributed by atoms with van der Waals surface area (Å²) in [5, 5.41) is 0. The Labute approximate surface area is 187 Å². The summed E-state index contributed by atoms with van der Waals surface area (Å²) in [4.78, 5) is 16.1. The van der Waals surface area contributed by atoms with Gasteiger partial charge in [0.15, 0.2) is 11.5 Å². The quantitative estimate of drug-likeness (QED) is 0.641. The van der Waals surface area contributed by atoms with Crippen LogP contribution in [0.4, 0.5) is 0 Å². The molecular formula is C24H27NO5S. The monoisotopic (exact) mass is 441 g/mol. The molecule has 2 aliphatic heterocycles. The molecule has 0 bridgehead atoms. The molecule has 0 radical (unpaired) electrons. The predicted octanol–water partition coefficient (Wildman–Crippen LogP) is 4.24. The van der Waals surface area contributed by atoms with E-state index in [1.807, 2.05) is 47.4 Å². The van der Waals surface area contributed by atoms with Gasteiger partial charge in [0, 0.05) is 12.3 Å². The fourth-order valence-corrected chi connectivity index (χ4v) is 4.94. The smallest absolute Gasteiger partial charge is 0.260 e. The highest BCUT2D eigenvalue weighted by Crippen LogP contribution is 2.40. The minimum Gasteiger partial charge on any atom is -0.497 e. The van der Waals surface area contributed by atoms with E-state index in [2.05, 4.69) is 0 Å². The van der Waals surface area contributed by atoms with E-state index in [4.69, 9.17) is 18.9 Å². The topological polar surface area (TPSA) is 57.2 Å². The Morgan fingerprint density at radius 1 is 1.03 bits per heavy atom. The van der Waals surface area contributed by atoms with Crippen molar-refractivity contribution in [1.82, 2.24) is 4.90 Å². The molecular weight excluding hydrogens is 414 g/mol. The molecule has 0 saturated heterocycles. The molecule has 2 aromatic rings. The maximum absolute atomic E-state index is 13.3. The zero-order chi connectivity index (χ0) is 21.8. The summed E-state index contributed by atoms with van der Waals surface area (Å²) < 4.78 is 22.4. The maximum atomic E-state index is 13.3. The van der Waals surface area contributed by atoms with Gasteiger partial charge in [-0.25, -0.2) is 0 Å². The minimum atomic E-state index is -0.222. The number of benzene rings is 2. The summed E-state index contributed by atoms with van der Waals surface area (Å²) in [6.45, 7) is 0.981. The van der Waals surface area contributed by atoms with Gasteiger partial charge in [0.2, 0.25) is 0 Å². The predicted molar refractivity (Wildman–Crippen MR) is 121 cm³/mol. The number of carbonyl (C=O) groups is 1. The third-order valence-electron chi connectivity index (χ3n) is 5.65. The lowest BCUT2D eigenvalue weighted by Crippen LogP contribution is -2.42. The van der Waals surface area contributed by atoms with E-state index >= 15 is 0 Å². The van der Waals surface area contributed by atoms with Crippen LogP contribution in [0.2, 0.25) is 0 Å². The van der Waals surface area contributed by atoms with Gasteiger partial charge in [0.25, 0.3) is 5.91 Å². The van der Waals surface area contributed by atoms with Crippen molar-refractivity contribution < 1.29 is 23.7 Å². The second kappa shape index (κ2) is 9.56. The van der Waals surface area contributed by atoms with Gasteiger partial charge in [-0.05, 0) is 60.4 Å². The number of rotatable bonds is 7. The van der Waals surface area contributed by atoms with Crippen molar-refractivity contribution >= 4 is 17.7 Å². The number of thioether (sulfide) groups is 1. The molecule has 4 rings (SSSR count). The molecule has 2 aliphatic rings. The van der Waals surface area contributed by atoms with Crippen molar-refractivity contribution in [2.75, 3.05) is 40.2 Å². The largest absolute Gasteiger partial charge is 0.497 e. The molecule has 0 saturated carbocycles. The highest BCUT2D eigenvalue weighted by atomic mass is 32.2. The van der Waals surface area contributed by atoms with Crippen LogP contribution >= 0.6 is 11.8 Å². The first-order valence-corrected chi connectivity index (χ1v) is 11.3. The van der Waals surface area contributed by atoms with Crippen molar-refractivity contribution in [1.29, 1.82) is 0 Å². The van der Waals surface area contributed by atoms with Gasteiger partial charge in [-0.1, -0.05) is 6.08 Å². The molecule has 164 valence electrons. The van der Waals surface area contributed by atoms with Crippen LogP contribution in [0.15, 0.2) is 47.4 Å². The molecule has 0 aromatic heterocycles. The Hall–Kier alpha value is -2.80. The van der Waals surface area contributed by atoms with Crippen molar-refractivity contribution in [3.8, 4) is 23.0 Å². The van der Waals surface area contributed by atoms with E-state index in [9.17, 15) is 4.79 Å². The van der Waals surface area contributed by atoms with Gasteiger partial charge in [-0.2, -0.15) is 0 Å². The molecule has 31 heavy (non-hydrogen) atoms. The Bertz CT molecular complexity index is 973. The van der Waals surface area contributed by atoms with Crippen molar-refractivity contribution in [2.24, 2.45) is 0 Å². The first kappa shape index (κ1) is 21.4. The standard InChI is InChI=1S/C24H27NO5S/c1-27-17-6-8-18(9-7-17)30-15-20-19-14-22(29-3)21(28-2)13-16(19)10-11-25(20)24(26)23-5-4-12-31-23/h5-9,13-14,20H,4,10-12,15H2,1-3H3. The van der Waals surface area contributed by atoms with Crippen molar-refractivity contribution in [3.05, 3.63) is 58.5 Å². The van der Waals surface area contributed by atoms with E-state index < -0.39 is 0 Å². The lowest BCUT2D eigenvalue weighted by molar-refractivity contribution is -0.129. The second-order valence-electron chi connectivity index (χ2n) is 7.36. The zero-order valence-electron chi connectivity index (χ0n) is 18.1. The summed E-state index contributed by atoms with van der Waals surface area (Å²) in [6, 6.07) is 11.2. The third kappa shape index (κ3) is 4.46. The normalized spacial score (nSPS) is 17.6. The Balaban J connectivity index is 1.65. The number of hydrogen-bond donors (Lipinski definition) is 0. The van der Waals surface area contributed by atoms with Gasteiger partial charge in [-0.3, -0.25) is 4.79 Å². The van der Waals surface area contributed by atoms with E-state index in [0.29, 0.717) is 24.7 Å². The summed E-state index contributed by atoms with van der Waals surface area (Å²) in [5.41, 5.74) is 2.19. The number of allylic oxidation sites excluding steroid dienone is 1. The van der Waals surface area contributed by atoms with Gasteiger partial charge < -0.3 is 23.8 Å². The average molecular weight is 442 g/mol. The zero-order valence-corrected chi connectivity index (χ0v) is 18.9. The first-order chi connectivity index (χ1) is 15.1. The molecule has 2 aromatic carbocycles. The molecule has 7 heteroatoms. The third-order valence-corrected chi connectivity index (χ3v) is 6.74. The number of amides is 1. The van der Waals surface area contributed by atoms with Crippen LogP contribution in [0.5, 0.6) is 23.0 Å². The van der Waals surface area contributed by atoms with Gasteiger partial charge >= 0.3 is 0 Å². The highest BCUT2D eigenvalue weighted by Gasteiger charge is 2.34. The number of carbonyl (C=O) groups excluding carboxylic acids is 1. The lowest BCUT2D eigenvalue weighted by Gasteiger charge is -2.37. The van der Waals surface area contributed by atoms with Crippen LogP contribution in [0.1, 0.15) is 23.6 Å². The van der Waals surface area contributed by atoms with E-state index in [1.54, 1.807) is 33.1 Å². The molecule has 1 unspecified atom stereocenters. The van der Waals surface area contributed by atoms with Crippen LogP contribution < -0.4 is 18.9 Å². The second-order valence-corrected chi connectivity index (χ2v) is 8.50. The number of hydrogen-bond acceptors (Lipinski definition) is 6. The molecule has 2 heterocycles. The van der Waals surface area contributed by atoms with Crippen LogP contribution in [-0.4, -0.2) is 51.0 Å².